The van der Waals surface area contributed by atoms with Crippen LogP contribution >= 0.6 is 0 Å². The molecule has 1 N–H and O–H groups in total. The van der Waals surface area contributed by atoms with E-state index in [0.29, 0.717) is 50.7 Å². The highest BCUT2D eigenvalue weighted by Gasteiger charge is 2.28. The van der Waals surface area contributed by atoms with Gasteiger partial charge in [0, 0.05) is 60.4 Å². The summed E-state index contributed by atoms with van der Waals surface area (Å²) in [5, 5.41) is 18.4. The van der Waals surface area contributed by atoms with E-state index in [0.717, 1.165) is 108 Å². The quantitative estimate of drug-likeness (QED) is 0.136. The van der Waals surface area contributed by atoms with Crippen LogP contribution in [0.3, 0.4) is 0 Å². The van der Waals surface area contributed by atoms with Crippen molar-refractivity contribution in [3.05, 3.63) is 82.6 Å². The number of carbonyl (C=O) groups is 1. The topological polar surface area (TPSA) is 91.0 Å². The number of benzene rings is 3. The Balaban J connectivity index is 0.000000902. The van der Waals surface area contributed by atoms with Gasteiger partial charge < -0.3 is 23.9 Å². The third-order valence-corrected chi connectivity index (χ3v) is 10.5. The molecule has 10 heteroatoms. The second kappa shape index (κ2) is 18.2. The zero-order chi connectivity index (χ0) is 37.3. The molecule has 0 spiro atoms. The van der Waals surface area contributed by atoms with Crippen LogP contribution in [0.5, 0.6) is 5.75 Å². The van der Waals surface area contributed by atoms with Crippen molar-refractivity contribution < 1.29 is 28.5 Å². The number of nitrogens with zero attached hydrogens (tertiary/aromatic N) is 4. The Morgan fingerprint density at radius 1 is 0.906 bits per heavy atom. The molecule has 4 heterocycles. The second-order valence-electron chi connectivity index (χ2n) is 14.2. The first-order valence-corrected chi connectivity index (χ1v) is 19.5. The average molecular weight is 727 g/mol. The van der Waals surface area contributed by atoms with Crippen molar-refractivity contribution in [2.75, 3.05) is 46.1 Å². The zero-order valence-electron chi connectivity index (χ0n) is 31.9. The van der Waals surface area contributed by atoms with E-state index in [1.54, 1.807) is 6.07 Å². The first-order valence-electron chi connectivity index (χ1n) is 19.5. The van der Waals surface area contributed by atoms with Crippen LogP contribution < -0.4 is 4.74 Å². The van der Waals surface area contributed by atoms with Crippen molar-refractivity contribution in [1.29, 1.82) is 0 Å². The summed E-state index contributed by atoms with van der Waals surface area (Å²) in [5.41, 5.74) is 7.24. The number of carboxylic acid groups (broad SMARTS) is 1. The number of halogens is 1. The molecule has 0 unspecified atom stereocenters. The number of carboxylic acids is 1. The van der Waals surface area contributed by atoms with Crippen molar-refractivity contribution in [1.82, 2.24) is 19.2 Å². The van der Waals surface area contributed by atoms with Gasteiger partial charge in [0.1, 0.15) is 17.3 Å². The summed E-state index contributed by atoms with van der Waals surface area (Å²) >= 11 is 0. The SMILES string of the molecule is CCCCC.Cc1ccc2c(CCCOc3cccc4cc(F)ccc34)c(C(=O)O)n3c2c1-c1c(nn(CCN2CCOCC2)c1C)COCCCC3. The molecule has 7 rings (SSSR count). The highest BCUT2D eigenvalue weighted by atomic mass is 19.1. The van der Waals surface area contributed by atoms with Crippen molar-refractivity contribution in [3.8, 4) is 16.9 Å². The van der Waals surface area contributed by atoms with Gasteiger partial charge in [-0.2, -0.15) is 5.10 Å². The van der Waals surface area contributed by atoms with Gasteiger partial charge in [0.05, 0.1) is 44.2 Å². The van der Waals surface area contributed by atoms with Crippen LogP contribution in [0.2, 0.25) is 0 Å². The second-order valence-corrected chi connectivity index (χ2v) is 14.2. The van der Waals surface area contributed by atoms with Crippen LogP contribution in [-0.4, -0.2) is 76.4 Å². The highest BCUT2D eigenvalue weighted by molar-refractivity contribution is 6.05. The fourth-order valence-corrected chi connectivity index (χ4v) is 7.75. The van der Waals surface area contributed by atoms with E-state index in [9.17, 15) is 14.3 Å². The Morgan fingerprint density at radius 3 is 2.45 bits per heavy atom. The number of unbranched alkanes of at least 4 members (excludes halogenated alkanes) is 2. The standard InChI is InChI=1S/C38H43FN4O5.C5H12/c1-25-10-12-31-30(8-6-20-48-33-9-5-7-27-23-28(39)11-13-29(27)33)37(38(44)45)42-14-3-4-19-47-24-32-35(34(25)36(31)42)26(2)43(40-32)16-15-41-17-21-46-22-18-41;1-3-5-4-2/h5,7,9-13,23H,3-4,6,8,14-22,24H2,1-2H3,(H,44,45);3-5H2,1-2H3. The number of rotatable bonds is 11. The number of morpholine rings is 1. The van der Waals surface area contributed by atoms with E-state index in [-0.39, 0.29) is 5.82 Å². The van der Waals surface area contributed by atoms with Gasteiger partial charge in [0.25, 0.3) is 0 Å². The first kappa shape index (κ1) is 38.5. The number of aryl methyl sites for hydroxylation is 3. The Hall–Kier alpha value is -4.25. The van der Waals surface area contributed by atoms with Crippen LogP contribution in [-0.2, 0) is 35.6 Å². The number of fused-ring (bicyclic) bond motifs is 3. The molecule has 0 bridgehead atoms. The molecular weight excluding hydrogens is 671 g/mol. The number of ether oxygens (including phenoxy) is 3. The predicted molar refractivity (Wildman–Crippen MR) is 209 cm³/mol. The molecule has 0 saturated carbocycles. The maximum Gasteiger partial charge on any atom is 0.352 e. The summed E-state index contributed by atoms with van der Waals surface area (Å²) in [4.78, 5) is 15.5. The van der Waals surface area contributed by atoms with Crippen molar-refractivity contribution in [2.45, 2.75) is 92.3 Å². The van der Waals surface area contributed by atoms with Crippen LogP contribution in [0.15, 0.2) is 48.5 Å². The summed E-state index contributed by atoms with van der Waals surface area (Å²) < 4.78 is 35.8. The molecule has 284 valence electrons. The Bertz CT molecular complexity index is 2010. The molecule has 2 aliphatic rings. The third kappa shape index (κ3) is 8.77. The summed E-state index contributed by atoms with van der Waals surface area (Å²) in [5.74, 6) is -0.518. The number of hydrogen-bond donors (Lipinski definition) is 1. The monoisotopic (exact) mass is 726 g/mol. The van der Waals surface area contributed by atoms with E-state index in [2.05, 4.69) is 49.4 Å². The molecule has 0 atom stereocenters. The number of aromatic nitrogens is 3. The first-order chi connectivity index (χ1) is 25.8. The van der Waals surface area contributed by atoms with Gasteiger partial charge in [-0.15, -0.1) is 0 Å². The normalized spacial score (nSPS) is 15.1. The molecular formula is C43H55FN4O5. The van der Waals surface area contributed by atoms with E-state index in [1.165, 1.54) is 31.4 Å². The maximum absolute atomic E-state index is 13.8. The van der Waals surface area contributed by atoms with Gasteiger partial charge in [-0.25, -0.2) is 9.18 Å². The van der Waals surface area contributed by atoms with Crippen LogP contribution in [0, 0.1) is 19.7 Å². The highest BCUT2D eigenvalue weighted by Crippen LogP contribution is 2.41. The van der Waals surface area contributed by atoms with Crippen LogP contribution in [0.4, 0.5) is 4.39 Å². The van der Waals surface area contributed by atoms with E-state index in [4.69, 9.17) is 19.3 Å². The molecule has 2 aromatic heterocycles. The van der Waals surface area contributed by atoms with E-state index in [1.807, 2.05) is 22.8 Å². The minimum atomic E-state index is -0.925. The van der Waals surface area contributed by atoms with E-state index >= 15 is 0 Å². The van der Waals surface area contributed by atoms with Gasteiger partial charge in [-0.3, -0.25) is 9.58 Å². The predicted octanol–water partition coefficient (Wildman–Crippen LogP) is 8.96. The molecule has 0 aliphatic carbocycles. The van der Waals surface area contributed by atoms with Gasteiger partial charge in [0.15, 0.2) is 0 Å². The molecule has 0 radical (unpaired) electrons. The Kier molecular flexibility index (Phi) is 13.2. The largest absolute Gasteiger partial charge is 0.493 e. The summed E-state index contributed by atoms with van der Waals surface area (Å²) in [6.07, 6.45) is 6.87. The average Bonchev–Trinajstić information content (AvgIpc) is 3.63. The molecule has 5 aromatic rings. The zero-order valence-corrected chi connectivity index (χ0v) is 31.9. The van der Waals surface area contributed by atoms with Crippen LogP contribution in [0.25, 0.3) is 32.8 Å². The summed E-state index contributed by atoms with van der Waals surface area (Å²) in [6, 6.07) is 14.5. The molecule has 9 nitrogen and oxygen atoms in total. The van der Waals surface area contributed by atoms with Crippen molar-refractivity contribution >= 4 is 27.6 Å². The molecule has 1 fully saturated rings. The van der Waals surface area contributed by atoms with E-state index < -0.39 is 5.97 Å². The lowest BCUT2D eigenvalue weighted by Gasteiger charge is -2.26. The van der Waals surface area contributed by atoms with Crippen molar-refractivity contribution in [3.63, 3.8) is 0 Å². The Morgan fingerprint density at radius 2 is 1.70 bits per heavy atom. The molecule has 3 aromatic carbocycles. The van der Waals surface area contributed by atoms with Gasteiger partial charge >= 0.3 is 5.97 Å². The van der Waals surface area contributed by atoms with Gasteiger partial charge in [-0.1, -0.05) is 57.4 Å². The molecule has 1 saturated heterocycles. The minimum Gasteiger partial charge on any atom is -0.493 e. The molecule has 53 heavy (non-hydrogen) atoms. The smallest absolute Gasteiger partial charge is 0.352 e. The maximum atomic E-state index is 13.8. The molecule has 0 amide bonds. The number of aromatic carboxylic acids is 1. The summed E-state index contributed by atoms with van der Waals surface area (Å²) in [7, 11) is 0. The minimum absolute atomic E-state index is 0.284. The van der Waals surface area contributed by atoms with Gasteiger partial charge in [-0.05, 0) is 80.3 Å². The van der Waals surface area contributed by atoms with Crippen molar-refractivity contribution in [2.24, 2.45) is 0 Å². The Labute approximate surface area is 312 Å². The summed E-state index contributed by atoms with van der Waals surface area (Å²) in [6.45, 7) is 15.6. The lowest BCUT2D eigenvalue weighted by atomic mass is 9.94. The molecule has 2 aliphatic heterocycles. The third-order valence-electron chi connectivity index (χ3n) is 10.5. The van der Waals surface area contributed by atoms with Crippen LogP contribution in [0.1, 0.15) is 85.4 Å². The van der Waals surface area contributed by atoms with Gasteiger partial charge in [0.2, 0.25) is 0 Å². The lowest BCUT2D eigenvalue weighted by Crippen LogP contribution is -2.38. The lowest BCUT2D eigenvalue weighted by molar-refractivity contribution is 0.0358. The number of hydrogen-bond acceptors (Lipinski definition) is 6. The fourth-order valence-electron chi connectivity index (χ4n) is 7.75. The fraction of sp³-hybridized carbons (Fsp3) is 0.488.